The average Bonchev–Trinajstić information content (AvgIpc) is 2.54. The van der Waals surface area contributed by atoms with Crippen LogP contribution in [0.15, 0.2) is 48.1 Å². The van der Waals surface area contributed by atoms with Crippen molar-refractivity contribution in [3.05, 3.63) is 64.8 Å². The van der Waals surface area contributed by atoms with Gasteiger partial charge in [-0.25, -0.2) is 0 Å². The van der Waals surface area contributed by atoms with Gasteiger partial charge in [0, 0.05) is 5.92 Å². The smallest absolute Gasteiger partial charge is 0.0278 e. The monoisotopic (exact) mass is 180 g/mol. The lowest BCUT2D eigenvalue weighted by atomic mass is 9.92. The minimum absolute atomic E-state index is 0.510. The van der Waals surface area contributed by atoms with Crippen LogP contribution in [-0.2, 0) is 0 Å². The van der Waals surface area contributed by atoms with Crippen LogP contribution in [0.4, 0.5) is 0 Å². The van der Waals surface area contributed by atoms with E-state index in [0.717, 1.165) is 0 Å². The molecule has 0 spiro atoms. The number of rotatable bonds is 0. The molecule has 1 aromatic rings. The number of fused-ring (bicyclic) bond motifs is 3. The van der Waals surface area contributed by atoms with E-state index in [-0.39, 0.29) is 0 Å². The zero-order valence-corrected chi connectivity index (χ0v) is 8.20. The molecule has 1 unspecified atom stereocenters. The molecule has 0 nitrogen and oxygen atoms in total. The Labute approximate surface area is 84.3 Å². The highest BCUT2D eigenvalue weighted by Crippen LogP contribution is 2.39. The molecule has 0 N–H and O–H groups in total. The highest BCUT2D eigenvalue weighted by atomic mass is 14.3. The first kappa shape index (κ1) is 7.81. The zero-order chi connectivity index (χ0) is 9.54. The third-order valence-corrected chi connectivity index (χ3v) is 2.96. The van der Waals surface area contributed by atoms with Crippen LogP contribution in [0.3, 0.4) is 0 Å². The van der Waals surface area contributed by atoms with Crippen molar-refractivity contribution in [1.82, 2.24) is 0 Å². The third-order valence-electron chi connectivity index (χ3n) is 2.96. The van der Waals surface area contributed by atoms with Crippen LogP contribution in [0.1, 0.15) is 22.6 Å². The van der Waals surface area contributed by atoms with Gasteiger partial charge in [-0.15, -0.1) is 0 Å². The van der Waals surface area contributed by atoms with Crippen LogP contribution in [0.25, 0.3) is 6.08 Å². The molecule has 68 valence electrons. The first-order chi connectivity index (χ1) is 6.84. The van der Waals surface area contributed by atoms with Gasteiger partial charge < -0.3 is 0 Å². The summed E-state index contributed by atoms with van der Waals surface area (Å²) >= 11 is 0. The molecule has 0 saturated carbocycles. The molecule has 2 aliphatic rings. The Morgan fingerprint density at radius 2 is 2.07 bits per heavy atom. The van der Waals surface area contributed by atoms with E-state index in [2.05, 4.69) is 55.5 Å². The number of hydrogen-bond acceptors (Lipinski definition) is 0. The first-order valence-corrected chi connectivity index (χ1v) is 5.01. The Balaban J connectivity index is 2.20. The minimum atomic E-state index is 0.510. The van der Waals surface area contributed by atoms with E-state index in [1.807, 2.05) is 0 Å². The molecule has 1 atom stereocenters. The molecule has 0 heterocycles. The molecule has 0 fully saturated rings. The molecule has 0 aliphatic heterocycles. The summed E-state index contributed by atoms with van der Waals surface area (Å²) in [4.78, 5) is 0. The second-order valence-corrected chi connectivity index (χ2v) is 4.00. The molecule has 0 amide bonds. The number of aryl methyl sites for hydroxylation is 1. The van der Waals surface area contributed by atoms with Gasteiger partial charge in [0.2, 0.25) is 0 Å². The minimum Gasteiger partial charge on any atom is -0.0726 e. The fourth-order valence-electron chi connectivity index (χ4n) is 2.26. The summed E-state index contributed by atoms with van der Waals surface area (Å²) in [7, 11) is 0. The Hall–Kier alpha value is -1.56. The Bertz CT molecular complexity index is 473. The number of benzene rings is 1. The van der Waals surface area contributed by atoms with Gasteiger partial charge in [0.15, 0.2) is 0 Å². The summed E-state index contributed by atoms with van der Waals surface area (Å²) in [6.45, 7) is 2.15. The van der Waals surface area contributed by atoms with Crippen molar-refractivity contribution in [2.75, 3.05) is 0 Å². The maximum absolute atomic E-state index is 2.30. The van der Waals surface area contributed by atoms with Crippen LogP contribution in [0.5, 0.6) is 0 Å². The Kier molecular flexibility index (Phi) is 1.51. The average molecular weight is 180 g/mol. The van der Waals surface area contributed by atoms with Crippen molar-refractivity contribution < 1.29 is 0 Å². The normalized spacial score (nSPS) is 21.8. The van der Waals surface area contributed by atoms with E-state index >= 15 is 0 Å². The number of allylic oxidation sites excluding steroid dienone is 5. The molecular weight excluding hydrogens is 168 g/mol. The quantitative estimate of drug-likeness (QED) is 0.572. The molecule has 0 bridgehead atoms. The van der Waals surface area contributed by atoms with Gasteiger partial charge >= 0.3 is 0 Å². The standard InChI is InChI=1S/C14H12/c1-10-6-7-14-12(8-10)9-11-4-2-3-5-13(11)14/h2-9,13H,1H3. The molecule has 1 aromatic carbocycles. The van der Waals surface area contributed by atoms with E-state index in [1.54, 1.807) is 0 Å². The highest BCUT2D eigenvalue weighted by Gasteiger charge is 2.21. The summed E-state index contributed by atoms with van der Waals surface area (Å²) in [5, 5.41) is 0. The van der Waals surface area contributed by atoms with Crippen molar-refractivity contribution in [2.45, 2.75) is 12.8 Å². The Morgan fingerprint density at radius 3 is 3.00 bits per heavy atom. The maximum atomic E-state index is 2.30. The third kappa shape index (κ3) is 1.00. The van der Waals surface area contributed by atoms with Gasteiger partial charge in [-0.05, 0) is 23.6 Å². The number of hydrogen-bond donors (Lipinski definition) is 0. The lowest BCUT2D eigenvalue weighted by Gasteiger charge is -2.12. The van der Waals surface area contributed by atoms with Crippen LogP contribution >= 0.6 is 0 Å². The molecule has 0 aromatic heterocycles. The largest absolute Gasteiger partial charge is 0.0726 e. The maximum Gasteiger partial charge on any atom is 0.0278 e. The van der Waals surface area contributed by atoms with Crippen molar-refractivity contribution >= 4 is 6.08 Å². The first-order valence-electron chi connectivity index (χ1n) is 5.01. The lowest BCUT2D eigenvalue weighted by Crippen LogP contribution is -1.95. The van der Waals surface area contributed by atoms with Crippen LogP contribution in [0, 0.1) is 6.92 Å². The predicted octanol–water partition coefficient (Wildman–Crippen LogP) is 3.60. The zero-order valence-electron chi connectivity index (χ0n) is 8.20. The fourth-order valence-corrected chi connectivity index (χ4v) is 2.26. The van der Waals surface area contributed by atoms with E-state index < -0.39 is 0 Å². The van der Waals surface area contributed by atoms with E-state index in [9.17, 15) is 0 Å². The van der Waals surface area contributed by atoms with Crippen molar-refractivity contribution in [3.8, 4) is 0 Å². The van der Waals surface area contributed by atoms with Crippen LogP contribution in [0.2, 0.25) is 0 Å². The van der Waals surface area contributed by atoms with Gasteiger partial charge in [0.1, 0.15) is 0 Å². The SMILES string of the molecule is Cc1ccc2c(c1)C=C1C=CC=CC12. The topological polar surface area (TPSA) is 0 Å². The van der Waals surface area contributed by atoms with Gasteiger partial charge in [-0.1, -0.05) is 54.1 Å². The summed E-state index contributed by atoms with van der Waals surface area (Å²) in [5.74, 6) is 0.510. The fraction of sp³-hybridized carbons (Fsp3) is 0.143. The van der Waals surface area contributed by atoms with Gasteiger partial charge in [-0.2, -0.15) is 0 Å². The lowest BCUT2D eigenvalue weighted by molar-refractivity contribution is 1.05. The molecule has 3 rings (SSSR count). The predicted molar refractivity (Wildman–Crippen MR) is 60.2 cm³/mol. The Morgan fingerprint density at radius 1 is 1.14 bits per heavy atom. The van der Waals surface area contributed by atoms with Crippen LogP contribution < -0.4 is 0 Å². The molecule has 0 radical (unpaired) electrons. The molecule has 2 aliphatic carbocycles. The van der Waals surface area contributed by atoms with E-state index in [1.165, 1.54) is 22.3 Å². The summed E-state index contributed by atoms with van der Waals surface area (Å²) in [6, 6.07) is 6.71. The second kappa shape index (κ2) is 2.71. The molecule has 0 saturated heterocycles. The molecule has 14 heavy (non-hydrogen) atoms. The van der Waals surface area contributed by atoms with Crippen molar-refractivity contribution in [2.24, 2.45) is 0 Å². The van der Waals surface area contributed by atoms with Gasteiger partial charge in [0.05, 0.1) is 0 Å². The molecule has 0 heteroatoms. The van der Waals surface area contributed by atoms with Crippen molar-refractivity contribution in [3.63, 3.8) is 0 Å². The van der Waals surface area contributed by atoms with E-state index in [0.29, 0.717) is 5.92 Å². The summed E-state index contributed by atoms with van der Waals surface area (Å²) < 4.78 is 0. The highest BCUT2D eigenvalue weighted by molar-refractivity contribution is 5.72. The summed E-state index contributed by atoms with van der Waals surface area (Å²) in [5.41, 5.74) is 5.60. The van der Waals surface area contributed by atoms with E-state index in [4.69, 9.17) is 0 Å². The van der Waals surface area contributed by atoms with Gasteiger partial charge in [-0.3, -0.25) is 0 Å². The summed E-state index contributed by atoms with van der Waals surface area (Å²) in [6.07, 6.45) is 11.0. The van der Waals surface area contributed by atoms with Gasteiger partial charge in [0.25, 0.3) is 0 Å². The second-order valence-electron chi connectivity index (χ2n) is 4.00. The molecular formula is C14H12. The van der Waals surface area contributed by atoms with Crippen molar-refractivity contribution in [1.29, 1.82) is 0 Å². The van der Waals surface area contributed by atoms with Crippen LogP contribution in [-0.4, -0.2) is 0 Å².